The number of amides is 1. The predicted octanol–water partition coefficient (Wildman–Crippen LogP) is 4.38. The molecule has 1 aromatic carbocycles. The minimum absolute atomic E-state index is 0.0535. The lowest BCUT2D eigenvalue weighted by molar-refractivity contribution is 0.00465. The van der Waals surface area contributed by atoms with Gasteiger partial charge >= 0.3 is 6.09 Å². The van der Waals surface area contributed by atoms with E-state index in [1.54, 1.807) is 0 Å². The van der Waals surface area contributed by atoms with Crippen LogP contribution in [0.2, 0.25) is 0 Å². The highest BCUT2D eigenvalue weighted by molar-refractivity contribution is 6.00. The van der Waals surface area contributed by atoms with E-state index in [4.69, 9.17) is 9.47 Å². The molecule has 2 fully saturated rings. The van der Waals surface area contributed by atoms with Gasteiger partial charge in [-0.05, 0) is 43.7 Å². The molecule has 2 aromatic rings. The van der Waals surface area contributed by atoms with Crippen LogP contribution in [0, 0.1) is 11.7 Å². The number of hydrogen-bond acceptors (Lipinski definition) is 5. The lowest BCUT2D eigenvalue weighted by atomic mass is 9.76. The molecular formula is C23H25FN2O4. The van der Waals surface area contributed by atoms with Gasteiger partial charge in [-0.1, -0.05) is 30.3 Å². The van der Waals surface area contributed by atoms with Crippen molar-refractivity contribution in [2.75, 3.05) is 7.11 Å². The third-order valence-electron chi connectivity index (χ3n) is 6.04. The Bertz CT molecular complexity index is 907. The van der Waals surface area contributed by atoms with Crippen molar-refractivity contribution in [3.63, 3.8) is 0 Å². The molecule has 0 saturated carbocycles. The number of hydrogen-bond donors (Lipinski definition) is 0. The zero-order chi connectivity index (χ0) is 21.1. The summed E-state index contributed by atoms with van der Waals surface area (Å²) >= 11 is 0. The molecule has 0 spiro atoms. The standard InChI is InChI=1S/C23H25FN2O4/c1-29-22-20(12-17(24)13-25-22)21(27)16-10-18-8-5-9-19(11-16)26(18)23(28)30-14-15-6-3-2-4-7-15/h2-4,6-7,12-13,16,18-19H,5,8-11,14H2,1H3. The van der Waals surface area contributed by atoms with Gasteiger partial charge in [-0.25, -0.2) is 14.2 Å². The number of carbonyl (C=O) groups excluding carboxylic acids is 2. The van der Waals surface area contributed by atoms with Gasteiger partial charge in [0, 0.05) is 18.0 Å². The van der Waals surface area contributed by atoms with Crippen LogP contribution in [0.5, 0.6) is 5.88 Å². The summed E-state index contributed by atoms with van der Waals surface area (Å²) in [5.41, 5.74) is 1.10. The van der Waals surface area contributed by atoms with E-state index in [1.165, 1.54) is 13.2 Å². The van der Waals surface area contributed by atoms with Gasteiger partial charge in [0.05, 0.1) is 18.9 Å². The highest BCUT2D eigenvalue weighted by Gasteiger charge is 2.44. The lowest BCUT2D eigenvalue weighted by Crippen LogP contribution is -2.55. The molecule has 2 unspecified atom stereocenters. The van der Waals surface area contributed by atoms with E-state index in [2.05, 4.69) is 4.98 Å². The molecule has 1 aromatic heterocycles. The summed E-state index contributed by atoms with van der Waals surface area (Å²) in [5.74, 6) is -0.901. The fraction of sp³-hybridized carbons (Fsp3) is 0.435. The van der Waals surface area contributed by atoms with Gasteiger partial charge in [0.2, 0.25) is 5.88 Å². The van der Waals surface area contributed by atoms with E-state index in [1.807, 2.05) is 35.2 Å². The second kappa shape index (κ2) is 8.81. The number of Topliss-reactive ketones (excluding diaryl/α,β-unsaturated/α-hetero) is 1. The smallest absolute Gasteiger partial charge is 0.410 e. The van der Waals surface area contributed by atoms with Gasteiger partial charge in [-0.2, -0.15) is 0 Å². The molecule has 158 valence electrons. The number of fused-ring (bicyclic) bond motifs is 2. The lowest BCUT2D eigenvalue weighted by Gasteiger charge is -2.47. The van der Waals surface area contributed by atoms with Crippen molar-refractivity contribution >= 4 is 11.9 Å². The summed E-state index contributed by atoms with van der Waals surface area (Å²) in [6.45, 7) is 0.226. The van der Waals surface area contributed by atoms with Crippen LogP contribution in [0.4, 0.5) is 9.18 Å². The number of halogens is 1. The van der Waals surface area contributed by atoms with E-state index in [-0.39, 0.29) is 47.9 Å². The molecule has 2 aliphatic heterocycles. The maximum absolute atomic E-state index is 13.7. The molecule has 30 heavy (non-hydrogen) atoms. The number of pyridine rings is 1. The number of ether oxygens (including phenoxy) is 2. The van der Waals surface area contributed by atoms with Crippen LogP contribution in [0.1, 0.15) is 48.0 Å². The highest BCUT2D eigenvalue weighted by atomic mass is 19.1. The van der Waals surface area contributed by atoms with Gasteiger partial charge in [-0.15, -0.1) is 0 Å². The molecule has 1 amide bonds. The normalized spacial score (nSPS) is 23.0. The molecule has 0 aliphatic carbocycles. The maximum atomic E-state index is 13.7. The Labute approximate surface area is 175 Å². The average molecular weight is 412 g/mol. The van der Waals surface area contributed by atoms with Crippen LogP contribution in [0.25, 0.3) is 0 Å². The van der Waals surface area contributed by atoms with Crippen LogP contribution >= 0.6 is 0 Å². The second-order valence-corrected chi connectivity index (χ2v) is 7.93. The van der Waals surface area contributed by atoms with Gasteiger partial charge in [0.1, 0.15) is 12.4 Å². The quantitative estimate of drug-likeness (QED) is 0.682. The summed E-state index contributed by atoms with van der Waals surface area (Å²) in [4.78, 5) is 31.6. The van der Waals surface area contributed by atoms with Crippen LogP contribution in [0.3, 0.4) is 0 Å². The zero-order valence-corrected chi connectivity index (χ0v) is 16.9. The summed E-state index contributed by atoms with van der Waals surface area (Å²) in [5, 5.41) is 0. The van der Waals surface area contributed by atoms with Crippen LogP contribution in [-0.2, 0) is 11.3 Å². The van der Waals surface area contributed by atoms with Gasteiger partial charge in [0.15, 0.2) is 5.78 Å². The van der Waals surface area contributed by atoms with Crippen molar-refractivity contribution in [1.29, 1.82) is 0 Å². The average Bonchev–Trinajstić information content (AvgIpc) is 2.76. The topological polar surface area (TPSA) is 68.7 Å². The minimum atomic E-state index is -0.568. The number of carbonyl (C=O) groups is 2. The Hall–Kier alpha value is -2.96. The number of nitrogens with zero attached hydrogens (tertiary/aromatic N) is 2. The minimum Gasteiger partial charge on any atom is -0.480 e. The predicted molar refractivity (Wildman–Crippen MR) is 108 cm³/mol. The van der Waals surface area contributed by atoms with Crippen molar-refractivity contribution in [3.05, 3.63) is 59.5 Å². The number of ketones is 1. The number of methoxy groups -OCH3 is 1. The largest absolute Gasteiger partial charge is 0.480 e. The van der Waals surface area contributed by atoms with Crippen molar-refractivity contribution in [3.8, 4) is 5.88 Å². The molecule has 2 aliphatic rings. The Morgan fingerprint density at radius 2 is 1.87 bits per heavy atom. The fourth-order valence-corrected chi connectivity index (χ4v) is 4.67. The zero-order valence-electron chi connectivity index (χ0n) is 16.9. The third kappa shape index (κ3) is 4.15. The first-order chi connectivity index (χ1) is 14.6. The van der Waals surface area contributed by atoms with Crippen LogP contribution < -0.4 is 4.74 Å². The van der Waals surface area contributed by atoms with E-state index in [9.17, 15) is 14.0 Å². The summed E-state index contributed by atoms with van der Waals surface area (Å²) in [7, 11) is 1.41. The Morgan fingerprint density at radius 1 is 1.17 bits per heavy atom. The number of aromatic nitrogens is 1. The van der Waals surface area contributed by atoms with E-state index in [0.29, 0.717) is 12.8 Å². The Balaban J connectivity index is 1.46. The first-order valence-electron chi connectivity index (χ1n) is 10.3. The van der Waals surface area contributed by atoms with Gasteiger partial charge in [-0.3, -0.25) is 4.79 Å². The first kappa shape index (κ1) is 20.3. The van der Waals surface area contributed by atoms with E-state index in [0.717, 1.165) is 31.0 Å². The number of piperidine rings is 2. The van der Waals surface area contributed by atoms with E-state index < -0.39 is 5.82 Å². The molecule has 2 saturated heterocycles. The van der Waals surface area contributed by atoms with Gasteiger partial charge < -0.3 is 14.4 Å². The molecule has 3 heterocycles. The van der Waals surface area contributed by atoms with Crippen LogP contribution in [-0.4, -0.2) is 41.0 Å². The molecule has 4 rings (SSSR count). The van der Waals surface area contributed by atoms with Gasteiger partial charge in [0.25, 0.3) is 0 Å². The molecule has 6 nitrogen and oxygen atoms in total. The molecule has 2 atom stereocenters. The maximum Gasteiger partial charge on any atom is 0.410 e. The third-order valence-corrected chi connectivity index (χ3v) is 6.04. The Morgan fingerprint density at radius 3 is 2.53 bits per heavy atom. The Kier molecular flexibility index (Phi) is 5.97. The first-order valence-corrected chi connectivity index (χ1v) is 10.3. The monoisotopic (exact) mass is 412 g/mol. The summed E-state index contributed by atoms with van der Waals surface area (Å²) in [6, 6.07) is 10.6. The van der Waals surface area contributed by atoms with Crippen LogP contribution in [0.15, 0.2) is 42.6 Å². The van der Waals surface area contributed by atoms with Crippen molar-refractivity contribution < 1.29 is 23.5 Å². The second-order valence-electron chi connectivity index (χ2n) is 7.93. The fourth-order valence-electron chi connectivity index (χ4n) is 4.67. The molecule has 7 heteroatoms. The van der Waals surface area contributed by atoms with Crippen molar-refractivity contribution in [2.45, 2.75) is 50.8 Å². The molecule has 0 radical (unpaired) electrons. The SMILES string of the molecule is COc1ncc(F)cc1C(=O)C1CC2CCCC(C1)N2C(=O)OCc1ccccc1. The molecule has 0 N–H and O–H groups in total. The number of rotatable bonds is 5. The highest BCUT2D eigenvalue weighted by Crippen LogP contribution is 2.39. The van der Waals surface area contributed by atoms with Crippen molar-refractivity contribution in [2.24, 2.45) is 5.92 Å². The summed E-state index contributed by atoms with van der Waals surface area (Å²) in [6.07, 6.45) is 4.47. The molecular weight excluding hydrogens is 387 g/mol. The van der Waals surface area contributed by atoms with E-state index >= 15 is 0 Å². The molecule has 2 bridgehead atoms. The number of benzene rings is 1. The summed E-state index contributed by atoms with van der Waals surface area (Å²) < 4.78 is 24.4. The van der Waals surface area contributed by atoms with Crippen molar-refractivity contribution in [1.82, 2.24) is 9.88 Å².